The molecule has 4 N–H and O–H groups in total. The molecule has 3 radical (unpaired) electrons. The van der Waals surface area contributed by atoms with Gasteiger partial charge < -0.3 is 20.4 Å². The van der Waals surface area contributed by atoms with Crippen LogP contribution in [0.5, 0.6) is 0 Å². The maximum Gasteiger partial charge on any atom is 0.317 e. The summed E-state index contributed by atoms with van der Waals surface area (Å²) in [5, 5.41) is 34.7. The molecule has 0 aliphatic heterocycles. The fourth-order valence-electron chi connectivity index (χ4n) is 1.48. The van der Waals surface area contributed by atoms with Gasteiger partial charge in [-0.3, -0.25) is 24.2 Å². The second-order valence-electron chi connectivity index (χ2n) is 3.89. The maximum atomic E-state index is 10.6. The molecule has 0 aromatic carbocycles. The molecular weight excluding hydrogens is 329 g/mol. The molecule has 9 nitrogen and oxygen atoms in total. The number of carboxylic acid groups (broad SMARTS) is 3. The number of nitrogens with zero attached hydrogens (tertiary/aromatic N) is 2. The van der Waals surface area contributed by atoms with Crippen LogP contribution in [0.15, 0.2) is 0 Å². The van der Waals surface area contributed by atoms with Gasteiger partial charge in [-0.05, 0) is 0 Å². The van der Waals surface area contributed by atoms with Gasteiger partial charge in [-0.2, -0.15) is 0 Å². The van der Waals surface area contributed by atoms with Crippen molar-refractivity contribution in [3.63, 3.8) is 0 Å². The molecule has 0 atom stereocenters. The fraction of sp³-hybridized carbons (Fsp3) is 0.700. The largest absolute Gasteiger partial charge is 0.480 e. The Morgan fingerprint density at radius 1 is 0.636 bits per heavy atom. The van der Waals surface area contributed by atoms with Crippen molar-refractivity contribution in [2.45, 2.75) is 0 Å². The third-order valence-electron chi connectivity index (χ3n) is 2.23. The molecular formula is C10H18N2Na3O7. The summed E-state index contributed by atoms with van der Waals surface area (Å²) in [5.41, 5.74) is 0. The summed E-state index contributed by atoms with van der Waals surface area (Å²) in [6.45, 7) is -1.03. The molecule has 0 saturated heterocycles. The smallest absolute Gasteiger partial charge is 0.317 e. The quantitative estimate of drug-likeness (QED) is 0.283. The van der Waals surface area contributed by atoms with Crippen molar-refractivity contribution in [2.75, 3.05) is 45.9 Å². The summed E-state index contributed by atoms with van der Waals surface area (Å²) in [4.78, 5) is 34.3. The third-order valence-corrected chi connectivity index (χ3v) is 2.23. The Bertz CT molecular complexity index is 318. The van der Waals surface area contributed by atoms with Crippen molar-refractivity contribution in [3.8, 4) is 0 Å². The molecule has 0 rings (SSSR count). The molecule has 0 saturated carbocycles. The number of hydrogen-bond acceptors (Lipinski definition) is 6. The van der Waals surface area contributed by atoms with Gasteiger partial charge in [-0.25, -0.2) is 0 Å². The van der Waals surface area contributed by atoms with Gasteiger partial charge in [0.25, 0.3) is 0 Å². The number of aliphatic hydroxyl groups is 1. The van der Waals surface area contributed by atoms with Crippen LogP contribution >= 0.6 is 0 Å². The molecule has 0 aromatic rings. The number of hydrogen-bond donors (Lipinski definition) is 4. The first kappa shape index (κ1) is 31.1. The summed E-state index contributed by atoms with van der Waals surface area (Å²) in [6.07, 6.45) is 0. The van der Waals surface area contributed by atoms with Crippen molar-refractivity contribution >= 4 is 107 Å². The van der Waals surface area contributed by atoms with Crippen LogP contribution in [-0.4, -0.2) is 183 Å². The molecule has 0 aromatic heterocycles. The van der Waals surface area contributed by atoms with Crippen LogP contribution in [0.25, 0.3) is 0 Å². The summed E-state index contributed by atoms with van der Waals surface area (Å²) < 4.78 is 0. The zero-order chi connectivity index (χ0) is 14.8. The van der Waals surface area contributed by atoms with Gasteiger partial charge in [-0.15, -0.1) is 0 Å². The van der Waals surface area contributed by atoms with Crippen molar-refractivity contribution in [2.24, 2.45) is 0 Å². The molecule has 0 bridgehead atoms. The first-order valence-electron chi connectivity index (χ1n) is 5.56. The Labute approximate surface area is 194 Å². The second kappa shape index (κ2) is 18.6. The average molecular weight is 347 g/mol. The molecule has 0 aliphatic carbocycles. The van der Waals surface area contributed by atoms with E-state index in [9.17, 15) is 14.4 Å². The number of aliphatic carboxylic acids is 3. The minimum absolute atomic E-state index is 0. The van der Waals surface area contributed by atoms with Gasteiger partial charge in [0.15, 0.2) is 0 Å². The van der Waals surface area contributed by atoms with Crippen LogP contribution in [0.1, 0.15) is 0 Å². The van der Waals surface area contributed by atoms with Gasteiger partial charge in [0.2, 0.25) is 0 Å². The fourth-order valence-corrected chi connectivity index (χ4v) is 1.48. The zero-order valence-electron chi connectivity index (χ0n) is 13.4. The number of rotatable bonds is 11. The Balaban J connectivity index is -0.000000540. The standard InChI is InChI=1S/C10H18N2O7.3Na/c13-4-3-11(5-8(14)15)1-2-12(6-9(16)17)7-10(18)19;;;/h13H,1-7H2,(H,14,15)(H,16,17)(H,18,19);;;. The molecule has 12 heteroatoms. The predicted molar refractivity (Wildman–Crippen MR) is 80.1 cm³/mol. The molecule has 22 heavy (non-hydrogen) atoms. The normalized spacial score (nSPS) is 9.41. The zero-order valence-corrected chi connectivity index (χ0v) is 19.4. The Kier molecular flexibility index (Phi) is 26.3. The summed E-state index contributed by atoms with van der Waals surface area (Å²) in [5.74, 6) is -3.39. The van der Waals surface area contributed by atoms with E-state index >= 15 is 0 Å². The maximum absolute atomic E-state index is 10.6. The van der Waals surface area contributed by atoms with Gasteiger partial charge >= 0.3 is 17.9 Å². The molecule has 0 heterocycles. The average Bonchev–Trinajstić information content (AvgIpc) is 2.23. The Hall–Kier alpha value is 1.29. The number of aliphatic hydroxyl groups excluding tert-OH is 1. The summed E-state index contributed by atoms with van der Waals surface area (Å²) in [7, 11) is 0. The van der Waals surface area contributed by atoms with E-state index in [1.165, 1.54) is 9.80 Å². The number of carboxylic acids is 3. The third kappa shape index (κ3) is 19.3. The van der Waals surface area contributed by atoms with E-state index in [0.717, 1.165) is 0 Å². The first-order valence-corrected chi connectivity index (χ1v) is 5.56. The second-order valence-corrected chi connectivity index (χ2v) is 3.89. The van der Waals surface area contributed by atoms with E-state index in [0.29, 0.717) is 0 Å². The van der Waals surface area contributed by atoms with Crippen LogP contribution in [0.2, 0.25) is 0 Å². The van der Waals surface area contributed by atoms with Gasteiger partial charge in [0.1, 0.15) is 0 Å². The van der Waals surface area contributed by atoms with E-state index < -0.39 is 31.0 Å². The van der Waals surface area contributed by atoms with Crippen LogP contribution in [0.3, 0.4) is 0 Å². The monoisotopic (exact) mass is 347 g/mol. The summed E-state index contributed by atoms with van der Waals surface area (Å²) in [6, 6.07) is 0. The van der Waals surface area contributed by atoms with E-state index in [4.69, 9.17) is 20.4 Å². The molecule has 113 valence electrons. The van der Waals surface area contributed by atoms with E-state index in [-0.39, 0.29) is 121 Å². The van der Waals surface area contributed by atoms with E-state index in [2.05, 4.69) is 0 Å². The minimum Gasteiger partial charge on any atom is -0.480 e. The minimum atomic E-state index is -1.16. The predicted octanol–water partition coefficient (Wildman–Crippen LogP) is -3.31. The van der Waals surface area contributed by atoms with Gasteiger partial charge in [-0.1, -0.05) is 0 Å². The SMILES string of the molecule is O=C(O)CN(CCO)CCN(CC(=O)O)CC(=O)O.[Na].[Na].[Na]. The van der Waals surface area contributed by atoms with Crippen molar-refractivity contribution in [1.82, 2.24) is 9.80 Å². The van der Waals surface area contributed by atoms with Crippen molar-refractivity contribution in [1.29, 1.82) is 0 Å². The molecule has 0 aliphatic rings. The first-order chi connectivity index (χ1) is 8.85. The van der Waals surface area contributed by atoms with E-state index in [1.807, 2.05) is 0 Å². The Morgan fingerprint density at radius 3 is 1.27 bits per heavy atom. The van der Waals surface area contributed by atoms with Crippen LogP contribution in [0, 0.1) is 0 Å². The molecule has 0 amide bonds. The van der Waals surface area contributed by atoms with Crippen molar-refractivity contribution < 1.29 is 34.8 Å². The van der Waals surface area contributed by atoms with E-state index in [1.54, 1.807) is 0 Å². The number of carbonyl (C=O) groups is 3. The Morgan fingerprint density at radius 2 is 0.955 bits per heavy atom. The van der Waals surface area contributed by atoms with Crippen molar-refractivity contribution in [3.05, 3.63) is 0 Å². The van der Waals surface area contributed by atoms with Crippen LogP contribution in [0.4, 0.5) is 0 Å². The van der Waals surface area contributed by atoms with Crippen LogP contribution < -0.4 is 0 Å². The summed E-state index contributed by atoms with van der Waals surface area (Å²) >= 11 is 0. The molecule has 0 spiro atoms. The topological polar surface area (TPSA) is 139 Å². The molecule has 0 fully saturated rings. The van der Waals surface area contributed by atoms with Gasteiger partial charge in [0, 0.05) is 108 Å². The molecule has 0 unspecified atom stereocenters. The van der Waals surface area contributed by atoms with Crippen LogP contribution in [-0.2, 0) is 14.4 Å². The van der Waals surface area contributed by atoms with Gasteiger partial charge in [0.05, 0.1) is 26.2 Å².